The van der Waals surface area contributed by atoms with E-state index in [0.717, 1.165) is 11.1 Å². The number of nitrogens with zero attached hydrogens (tertiary/aromatic N) is 3. The predicted molar refractivity (Wildman–Crippen MR) is 72.5 cm³/mol. The Morgan fingerprint density at radius 1 is 1.35 bits per heavy atom. The molecule has 1 aromatic heterocycles. The molecule has 0 unspecified atom stereocenters. The number of rotatable bonds is 5. The van der Waals surface area contributed by atoms with Gasteiger partial charge in [0.2, 0.25) is 5.69 Å². The van der Waals surface area contributed by atoms with Crippen molar-refractivity contribution in [1.82, 2.24) is 15.0 Å². The van der Waals surface area contributed by atoms with E-state index in [9.17, 15) is 4.79 Å². The van der Waals surface area contributed by atoms with Crippen LogP contribution in [-0.2, 0) is 17.9 Å². The highest BCUT2D eigenvalue weighted by atomic mass is 35.5. The molecule has 1 N–H and O–H groups in total. The monoisotopic (exact) mass is 295 g/mol. The van der Waals surface area contributed by atoms with E-state index >= 15 is 0 Å². The first-order valence-corrected chi connectivity index (χ1v) is 6.48. The van der Waals surface area contributed by atoms with Crippen molar-refractivity contribution in [2.75, 3.05) is 6.61 Å². The van der Waals surface area contributed by atoms with Gasteiger partial charge in [-0.1, -0.05) is 41.1 Å². The first-order chi connectivity index (χ1) is 9.65. The summed E-state index contributed by atoms with van der Waals surface area (Å²) in [5.41, 5.74) is 1.77. The van der Waals surface area contributed by atoms with E-state index < -0.39 is 5.97 Å². The Morgan fingerprint density at radius 3 is 2.60 bits per heavy atom. The summed E-state index contributed by atoms with van der Waals surface area (Å²) in [6.07, 6.45) is 0. The van der Waals surface area contributed by atoms with Gasteiger partial charge in [-0.15, -0.1) is 5.10 Å². The molecule has 106 valence electrons. The molecule has 1 heterocycles. The average Bonchev–Trinajstić information content (AvgIpc) is 2.81. The number of esters is 1. The summed E-state index contributed by atoms with van der Waals surface area (Å²) in [6, 6.07) is 7.33. The smallest absolute Gasteiger partial charge is 0.362 e. The zero-order valence-corrected chi connectivity index (χ0v) is 11.7. The lowest BCUT2D eigenvalue weighted by Crippen LogP contribution is -2.06. The van der Waals surface area contributed by atoms with Gasteiger partial charge >= 0.3 is 5.97 Å². The predicted octanol–water partition coefficient (Wildman–Crippen LogP) is 1.65. The van der Waals surface area contributed by atoms with Gasteiger partial charge in [0.1, 0.15) is 0 Å². The molecule has 0 fully saturated rings. The topological polar surface area (TPSA) is 77.2 Å². The Hall–Kier alpha value is -1.92. The summed E-state index contributed by atoms with van der Waals surface area (Å²) < 4.78 is 6.25. The van der Waals surface area contributed by atoms with Crippen LogP contribution in [0.25, 0.3) is 0 Å². The number of hydrogen-bond donors (Lipinski definition) is 1. The normalized spacial score (nSPS) is 10.6. The molecule has 0 amide bonds. The maximum Gasteiger partial charge on any atom is 0.362 e. The van der Waals surface area contributed by atoms with Crippen molar-refractivity contribution < 1.29 is 14.6 Å². The molecule has 2 rings (SSSR count). The van der Waals surface area contributed by atoms with Crippen molar-refractivity contribution >= 4 is 17.6 Å². The van der Waals surface area contributed by atoms with Gasteiger partial charge < -0.3 is 9.84 Å². The van der Waals surface area contributed by atoms with Crippen LogP contribution in [0.2, 0.25) is 5.15 Å². The second-order valence-electron chi connectivity index (χ2n) is 4.08. The van der Waals surface area contributed by atoms with Crippen molar-refractivity contribution in [3.05, 3.63) is 46.2 Å². The molecule has 0 aliphatic carbocycles. The molecule has 0 saturated carbocycles. The molecule has 0 spiro atoms. The van der Waals surface area contributed by atoms with Gasteiger partial charge in [-0.2, -0.15) is 0 Å². The molecule has 0 atom stereocenters. The molecule has 0 aliphatic rings. The fourth-order valence-electron chi connectivity index (χ4n) is 1.65. The maximum atomic E-state index is 11.6. The Bertz CT molecular complexity index is 595. The van der Waals surface area contributed by atoms with E-state index in [0.29, 0.717) is 6.54 Å². The zero-order valence-electron chi connectivity index (χ0n) is 10.9. The van der Waals surface area contributed by atoms with E-state index in [-0.39, 0.29) is 24.1 Å². The highest BCUT2D eigenvalue weighted by Crippen LogP contribution is 2.16. The number of benzene rings is 1. The molecule has 0 radical (unpaired) electrons. The minimum atomic E-state index is -0.584. The quantitative estimate of drug-likeness (QED) is 0.849. The number of aliphatic hydroxyl groups excluding tert-OH is 1. The molecule has 20 heavy (non-hydrogen) atoms. The standard InChI is InChI=1S/C13H14ClN3O3/c1-2-20-13(19)11-12(14)17(16-15-11)7-9-3-5-10(8-18)6-4-9/h3-6,18H,2,7-8H2,1H3. The number of hydrogen-bond acceptors (Lipinski definition) is 5. The molecule has 1 aromatic carbocycles. The highest BCUT2D eigenvalue weighted by Gasteiger charge is 2.19. The zero-order chi connectivity index (χ0) is 14.5. The molecule has 2 aromatic rings. The van der Waals surface area contributed by atoms with E-state index in [4.69, 9.17) is 21.4 Å². The van der Waals surface area contributed by atoms with Crippen molar-refractivity contribution in [3.63, 3.8) is 0 Å². The van der Waals surface area contributed by atoms with Gasteiger partial charge in [0, 0.05) is 0 Å². The summed E-state index contributed by atoms with van der Waals surface area (Å²) in [5.74, 6) is -0.584. The third kappa shape index (κ3) is 3.15. The van der Waals surface area contributed by atoms with Gasteiger partial charge in [0.15, 0.2) is 5.15 Å². The fourth-order valence-corrected chi connectivity index (χ4v) is 1.86. The minimum absolute atomic E-state index is 0.00261. The van der Waals surface area contributed by atoms with Gasteiger partial charge in [0.05, 0.1) is 19.8 Å². The number of aromatic nitrogens is 3. The number of aliphatic hydroxyl groups is 1. The van der Waals surface area contributed by atoms with Crippen LogP contribution < -0.4 is 0 Å². The highest BCUT2D eigenvalue weighted by molar-refractivity contribution is 6.32. The lowest BCUT2D eigenvalue weighted by molar-refractivity contribution is 0.0519. The SMILES string of the molecule is CCOC(=O)c1nnn(Cc2ccc(CO)cc2)c1Cl. The number of ether oxygens (including phenoxy) is 1. The van der Waals surface area contributed by atoms with Crippen molar-refractivity contribution in [1.29, 1.82) is 0 Å². The fraction of sp³-hybridized carbons (Fsp3) is 0.308. The van der Waals surface area contributed by atoms with Crippen LogP contribution >= 0.6 is 11.6 Å². The Kier molecular flexibility index (Phi) is 4.70. The van der Waals surface area contributed by atoms with Crippen LogP contribution in [0.1, 0.15) is 28.5 Å². The van der Waals surface area contributed by atoms with Crippen LogP contribution in [0, 0.1) is 0 Å². The van der Waals surface area contributed by atoms with Gasteiger partial charge in [0.25, 0.3) is 0 Å². The molecule has 0 aliphatic heterocycles. The third-order valence-electron chi connectivity index (χ3n) is 2.68. The first kappa shape index (κ1) is 14.5. The average molecular weight is 296 g/mol. The second-order valence-corrected chi connectivity index (χ2v) is 4.44. The molecule has 0 saturated heterocycles. The van der Waals surface area contributed by atoms with E-state index in [2.05, 4.69) is 10.3 Å². The summed E-state index contributed by atoms with van der Waals surface area (Å²) in [7, 11) is 0. The largest absolute Gasteiger partial charge is 0.461 e. The summed E-state index contributed by atoms with van der Waals surface area (Å²) >= 11 is 6.06. The summed E-state index contributed by atoms with van der Waals surface area (Å²) in [5, 5.41) is 16.7. The number of carbonyl (C=O) groups is 1. The molecular weight excluding hydrogens is 282 g/mol. The Morgan fingerprint density at radius 2 is 2.00 bits per heavy atom. The summed E-state index contributed by atoms with van der Waals surface area (Å²) in [6.45, 7) is 2.35. The van der Waals surface area contributed by atoms with Gasteiger partial charge in [-0.05, 0) is 18.1 Å². The Balaban J connectivity index is 2.15. The molecule has 7 heteroatoms. The van der Waals surface area contributed by atoms with Crippen LogP contribution in [0.5, 0.6) is 0 Å². The van der Waals surface area contributed by atoms with Gasteiger partial charge in [-0.25, -0.2) is 9.48 Å². The van der Waals surface area contributed by atoms with Crippen molar-refractivity contribution in [2.24, 2.45) is 0 Å². The maximum absolute atomic E-state index is 11.6. The third-order valence-corrected chi connectivity index (χ3v) is 3.06. The van der Waals surface area contributed by atoms with E-state index in [1.807, 2.05) is 24.3 Å². The van der Waals surface area contributed by atoms with E-state index in [1.54, 1.807) is 6.92 Å². The molecule has 0 bridgehead atoms. The minimum Gasteiger partial charge on any atom is -0.461 e. The van der Waals surface area contributed by atoms with Crippen molar-refractivity contribution in [3.8, 4) is 0 Å². The van der Waals surface area contributed by atoms with Crippen LogP contribution in [0.15, 0.2) is 24.3 Å². The van der Waals surface area contributed by atoms with E-state index in [1.165, 1.54) is 4.68 Å². The van der Waals surface area contributed by atoms with Gasteiger partial charge in [-0.3, -0.25) is 0 Å². The summed E-state index contributed by atoms with van der Waals surface area (Å²) in [4.78, 5) is 11.6. The van der Waals surface area contributed by atoms with Crippen LogP contribution in [0.4, 0.5) is 0 Å². The lowest BCUT2D eigenvalue weighted by Gasteiger charge is -2.04. The first-order valence-electron chi connectivity index (χ1n) is 6.10. The second kappa shape index (κ2) is 6.49. The molecular formula is C13H14ClN3O3. The Labute approximate surface area is 120 Å². The van der Waals surface area contributed by atoms with Crippen molar-refractivity contribution in [2.45, 2.75) is 20.1 Å². The van der Waals surface area contributed by atoms with Crippen LogP contribution in [0.3, 0.4) is 0 Å². The van der Waals surface area contributed by atoms with Crippen LogP contribution in [-0.4, -0.2) is 32.7 Å². The number of halogens is 1. The number of carbonyl (C=O) groups excluding carboxylic acids is 1. The lowest BCUT2D eigenvalue weighted by atomic mass is 10.1. The molecule has 6 nitrogen and oxygen atoms in total.